The van der Waals surface area contributed by atoms with Gasteiger partial charge in [-0.1, -0.05) is 78.9 Å². The van der Waals surface area contributed by atoms with Crippen LogP contribution < -0.4 is 0 Å². The van der Waals surface area contributed by atoms with Crippen LogP contribution in [0.15, 0.2) is 91.2 Å². The lowest BCUT2D eigenvalue weighted by molar-refractivity contribution is -0.173. The van der Waals surface area contributed by atoms with Crippen LogP contribution in [0.5, 0.6) is 0 Å². The molecule has 1 fully saturated rings. The van der Waals surface area contributed by atoms with E-state index in [1.807, 2.05) is 54.6 Å². The van der Waals surface area contributed by atoms with Crippen LogP contribution in [0.2, 0.25) is 0 Å². The molecular formula is C25H23NO3. The maximum atomic E-state index is 13.8. The summed E-state index contributed by atoms with van der Waals surface area (Å²) in [4.78, 5) is 15.6. The minimum atomic E-state index is -0.812. The third-order valence-corrected chi connectivity index (χ3v) is 5.84. The fourth-order valence-electron chi connectivity index (χ4n) is 4.55. The average Bonchev–Trinajstić information content (AvgIpc) is 3.34. The molecule has 0 saturated carbocycles. The Bertz CT molecular complexity index is 995. The van der Waals surface area contributed by atoms with Crippen molar-refractivity contribution in [2.45, 2.75) is 30.8 Å². The van der Waals surface area contributed by atoms with Gasteiger partial charge >= 0.3 is 0 Å². The van der Waals surface area contributed by atoms with Gasteiger partial charge in [0.15, 0.2) is 0 Å². The summed E-state index contributed by atoms with van der Waals surface area (Å²) in [7, 11) is 0. The summed E-state index contributed by atoms with van der Waals surface area (Å²) in [6, 6.07) is 19.9. The minimum absolute atomic E-state index is 0.0173. The Morgan fingerprint density at radius 3 is 2.41 bits per heavy atom. The number of ether oxygens (including phenoxy) is 2. The molecule has 1 spiro atoms. The second kappa shape index (κ2) is 7.05. The first-order chi connectivity index (χ1) is 14.2. The van der Waals surface area contributed by atoms with Crippen molar-refractivity contribution in [1.82, 2.24) is 4.90 Å². The molecule has 1 saturated heterocycles. The number of carbonyl (C=O) groups excluding carboxylic acids is 1. The molecule has 3 aliphatic heterocycles. The topological polar surface area (TPSA) is 38.8 Å². The fraction of sp³-hybridized carbons (Fsp3) is 0.240. The number of carbonyl (C=O) groups is 1. The van der Waals surface area contributed by atoms with Crippen LogP contribution in [-0.4, -0.2) is 35.3 Å². The van der Waals surface area contributed by atoms with Gasteiger partial charge in [0.05, 0.1) is 11.7 Å². The predicted molar refractivity (Wildman–Crippen MR) is 112 cm³/mol. The van der Waals surface area contributed by atoms with E-state index < -0.39 is 5.72 Å². The van der Waals surface area contributed by atoms with Crippen molar-refractivity contribution in [1.29, 1.82) is 0 Å². The first kappa shape index (κ1) is 18.0. The molecule has 2 bridgehead atoms. The van der Waals surface area contributed by atoms with E-state index in [9.17, 15) is 4.79 Å². The van der Waals surface area contributed by atoms with Crippen molar-refractivity contribution in [2.75, 3.05) is 6.54 Å². The van der Waals surface area contributed by atoms with Crippen LogP contribution >= 0.6 is 0 Å². The smallest absolute Gasteiger partial charge is 0.261 e. The summed E-state index contributed by atoms with van der Waals surface area (Å²) < 4.78 is 12.8. The highest BCUT2D eigenvalue weighted by molar-refractivity contribution is 6.21. The molecule has 4 heteroatoms. The van der Waals surface area contributed by atoms with Gasteiger partial charge in [-0.05, 0) is 11.1 Å². The number of hydrogen-bond acceptors (Lipinski definition) is 3. The van der Waals surface area contributed by atoms with E-state index in [1.54, 1.807) is 11.0 Å². The molecule has 0 aliphatic carbocycles. The van der Waals surface area contributed by atoms with E-state index in [-0.39, 0.29) is 18.1 Å². The molecule has 3 heterocycles. The van der Waals surface area contributed by atoms with Crippen LogP contribution in [0.25, 0.3) is 5.57 Å². The molecule has 5 rings (SSSR count). The summed E-state index contributed by atoms with van der Waals surface area (Å²) >= 11 is 0. The van der Waals surface area contributed by atoms with Crippen LogP contribution in [0.3, 0.4) is 0 Å². The second-order valence-electron chi connectivity index (χ2n) is 7.66. The van der Waals surface area contributed by atoms with Crippen molar-refractivity contribution >= 4 is 11.5 Å². The number of benzene rings is 2. The lowest BCUT2D eigenvalue weighted by atomic mass is 9.89. The van der Waals surface area contributed by atoms with Gasteiger partial charge in [0.25, 0.3) is 5.91 Å². The van der Waals surface area contributed by atoms with Gasteiger partial charge < -0.3 is 9.47 Å². The number of fused-ring (bicyclic) bond motifs is 3. The standard InChI is InChI=1S/C25H23NO3/c1-2-15-26-24(27)23(19-11-7-4-8-12-19)21(16-18-9-5-3-6-10-18)29-25(26)17-20-13-14-22(25)28-20/h2-14,20,22H,1,15-17H2/t20-,22+,25-/m1/s1. The van der Waals surface area contributed by atoms with Gasteiger partial charge in [-0.3, -0.25) is 9.69 Å². The maximum absolute atomic E-state index is 13.8. The number of allylic oxidation sites excluding steroid dienone is 1. The summed E-state index contributed by atoms with van der Waals surface area (Å²) in [5.41, 5.74) is 1.78. The highest BCUT2D eigenvalue weighted by atomic mass is 16.6. The number of rotatable bonds is 5. The number of hydrogen-bond donors (Lipinski definition) is 0. The first-order valence-corrected chi connectivity index (χ1v) is 9.99. The molecule has 0 unspecified atom stereocenters. The second-order valence-corrected chi connectivity index (χ2v) is 7.66. The van der Waals surface area contributed by atoms with E-state index in [2.05, 4.69) is 24.8 Å². The van der Waals surface area contributed by atoms with E-state index >= 15 is 0 Å². The average molecular weight is 385 g/mol. The molecule has 1 amide bonds. The van der Waals surface area contributed by atoms with Crippen molar-refractivity contribution in [3.05, 3.63) is 102 Å². The van der Waals surface area contributed by atoms with Gasteiger partial charge in [0, 0.05) is 19.4 Å². The minimum Gasteiger partial charge on any atom is -0.468 e. The van der Waals surface area contributed by atoms with Gasteiger partial charge in [0.1, 0.15) is 11.9 Å². The number of nitrogens with zero attached hydrogens (tertiary/aromatic N) is 1. The third-order valence-electron chi connectivity index (χ3n) is 5.84. The molecule has 0 radical (unpaired) electrons. The lowest BCUT2D eigenvalue weighted by Crippen LogP contribution is -2.61. The zero-order valence-electron chi connectivity index (χ0n) is 16.2. The Hall–Kier alpha value is -3.11. The zero-order valence-corrected chi connectivity index (χ0v) is 16.2. The first-order valence-electron chi connectivity index (χ1n) is 9.99. The monoisotopic (exact) mass is 385 g/mol. The predicted octanol–water partition coefficient (Wildman–Crippen LogP) is 4.11. The van der Waals surface area contributed by atoms with Crippen LogP contribution in [0, 0.1) is 0 Å². The molecule has 3 atom stereocenters. The Morgan fingerprint density at radius 2 is 1.79 bits per heavy atom. The van der Waals surface area contributed by atoms with E-state index in [0.29, 0.717) is 30.7 Å². The highest BCUT2D eigenvalue weighted by Crippen LogP contribution is 2.48. The zero-order chi connectivity index (χ0) is 19.8. The van der Waals surface area contributed by atoms with Crippen molar-refractivity contribution < 1.29 is 14.3 Å². The molecular weight excluding hydrogens is 362 g/mol. The van der Waals surface area contributed by atoms with Gasteiger partial charge in [0.2, 0.25) is 5.72 Å². The fourth-order valence-corrected chi connectivity index (χ4v) is 4.55. The Kier molecular flexibility index (Phi) is 4.36. The van der Waals surface area contributed by atoms with Crippen molar-refractivity contribution in [2.24, 2.45) is 0 Å². The van der Waals surface area contributed by atoms with E-state index in [4.69, 9.17) is 9.47 Å². The van der Waals surface area contributed by atoms with Gasteiger partial charge in [-0.15, -0.1) is 6.58 Å². The Morgan fingerprint density at radius 1 is 1.07 bits per heavy atom. The summed E-state index contributed by atoms with van der Waals surface area (Å²) in [5.74, 6) is 0.676. The quantitative estimate of drug-likeness (QED) is 0.727. The van der Waals surface area contributed by atoms with Crippen LogP contribution in [-0.2, 0) is 20.7 Å². The normalized spacial score (nSPS) is 27.6. The van der Waals surface area contributed by atoms with Crippen molar-refractivity contribution in [3.8, 4) is 0 Å². The Balaban J connectivity index is 1.65. The molecule has 2 aromatic rings. The summed E-state index contributed by atoms with van der Waals surface area (Å²) in [6.07, 6.45) is 6.74. The van der Waals surface area contributed by atoms with Gasteiger partial charge in [-0.25, -0.2) is 0 Å². The largest absolute Gasteiger partial charge is 0.468 e. The van der Waals surface area contributed by atoms with Crippen LogP contribution in [0.1, 0.15) is 17.5 Å². The summed E-state index contributed by atoms with van der Waals surface area (Å²) in [6.45, 7) is 4.28. The molecule has 2 aromatic carbocycles. The number of amides is 1. The molecule has 0 N–H and O–H groups in total. The summed E-state index contributed by atoms with van der Waals surface area (Å²) in [5, 5.41) is 0. The molecule has 0 aromatic heterocycles. The molecule has 146 valence electrons. The highest BCUT2D eigenvalue weighted by Gasteiger charge is 2.59. The van der Waals surface area contributed by atoms with E-state index in [0.717, 1.165) is 11.1 Å². The van der Waals surface area contributed by atoms with E-state index in [1.165, 1.54) is 0 Å². The molecule has 3 aliphatic rings. The SMILES string of the molecule is C=CCN1C(=O)C(c2ccccc2)=C(Cc2ccccc2)O[C@@]12C[C@H]1C=C[C@@H]2O1. The van der Waals surface area contributed by atoms with Crippen molar-refractivity contribution in [3.63, 3.8) is 0 Å². The maximum Gasteiger partial charge on any atom is 0.261 e. The third kappa shape index (κ3) is 2.91. The van der Waals surface area contributed by atoms with Crippen LogP contribution in [0.4, 0.5) is 0 Å². The van der Waals surface area contributed by atoms with Gasteiger partial charge in [-0.2, -0.15) is 0 Å². The Labute approximate surface area is 170 Å². The molecule has 29 heavy (non-hydrogen) atoms. The lowest BCUT2D eigenvalue weighted by Gasteiger charge is -2.47. The molecule has 4 nitrogen and oxygen atoms in total.